The number of carbonyl (C=O) groups is 1. The number of aromatic nitrogens is 1. The Labute approximate surface area is 154 Å². The summed E-state index contributed by atoms with van der Waals surface area (Å²) in [6.07, 6.45) is 0. The van der Waals surface area contributed by atoms with E-state index >= 15 is 0 Å². The van der Waals surface area contributed by atoms with Crippen LogP contribution in [0.4, 0.5) is 0 Å². The molecule has 0 aliphatic rings. The van der Waals surface area contributed by atoms with Gasteiger partial charge < -0.3 is 0 Å². The second-order valence-corrected chi connectivity index (χ2v) is 7.29. The molecular weight excluding hydrogens is 350 g/mol. The summed E-state index contributed by atoms with van der Waals surface area (Å²) in [4.78, 5) is 17.7. The minimum atomic E-state index is -0.0477. The highest BCUT2D eigenvalue weighted by atomic mass is 35.5. The van der Waals surface area contributed by atoms with Crippen molar-refractivity contribution in [3.63, 3.8) is 0 Å². The maximum atomic E-state index is 13.0. The molecule has 0 unspecified atom stereocenters. The van der Waals surface area contributed by atoms with Gasteiger partial charge in [0.1, 0.15) is 5.01 Å². The first-order chi connectivity index (χ1) is 12.1. The zero-order valence-corrected chi connectivity index (χ0v) is 15.1. The number of halogens is 1. The van der Waals surface area contributed by atoms with E-state index in [2.05, 4.69) is 13.0 Å². The van der Waals surface area contributed by atoms with E-state index in [1.807, 2.05) is 48.5 Å². The van der Waals surface area contributed by atoms with Crippen LogP contribution in [0.1, 0.15) is 21.5 Å². The summed E-state index contributed by atoms with van der Waals surface area (Å²) in [5.74, 6) is -0.0477. The van der Waals surface area contributed by atoms with Crippen LogP contribution < -0.4 is 0 Å². The van der Waals surface area contributed by atoms with E-state index in [-0.39, 0.29) is 5.78 Å². The van der Waals surface area contributed by atoms with Gasteiger partial charge in [-0.3, -0.25) is 4.79 Å². The van der Waals surface area contributed by atoms with Crippen LogP contribution in [-0.4, -0.2) is 10.8 Å². The number of nitrogens with zero attached hydrogens (tertiary/aromatic N) is 1. The van der Waals surface area contributed by atoms with Crippen LogP contribution in [-0.2, 0) is 0 Å². The van der Waals surface area contributed by atoms with Crippen molar-refractivity contribution in [1.29, 1.82) is 0 Å². The van der Waals surface area contributed by atoms with Crippen LogP contribution in [0.15, 0.2) is 66.7 Å². The summed E-state index contributed by atoms with van der Waals surface area (Å²) >= 11 is 8.03. The first-order valence-corrected chi connectivity index (χ1v) is 9.09. The van der Waals surface area contributed by atoms with E-state index in [1.54, 1.807) is 23.5 Å². The highest BCUT2D eigenvalue weighted by Gasteiger charge is 2.20. The Balaban J connectivity index is 1.90. The van der Waals surface area contributed by atoms with Gasteiger partial charge in [0.2, 0.25) is 0 Å². The van der Waals surface area contributed by atoms with Gasteiger partial charge in [-0.1, -0.05) is 60.1 Å². The third-order valence-corrected chi connectivity index (χ3v) is 5.40. The van der Waals surface area contributed by atoms with Gasteiger partial charge in [0, 0.05) is 16.7 Å². The van der Waals surface area contributed by atoms with Crippen molar-refractivity contribution in [3.05, 3.63) is 88.4 Å². The van der Waals surface area contributed by atoms with Gasteiger partial charge in [-0.05, 0) is 30.7 Å². The molecule has 0 spiro atoms. The largest absolute Gasteiger partial charge is 0.289 e. The molecule has 3 aromatic carbocycles. The van der Waals surface area contributed by atoms with E-state index < -0.39 is 0 Å². The monoisotopic (exact) mass is 363 g/mol. The van der Waals surface area contributed by atoms with Crippen molar-refractivity contribution in [2.24, 2.45) is 0 Å². The summed E-state index contributed by atoms with van der Waals surface area (Å²) in [5, 5.41) is 1.31. The summed E-state index contributed by atoms with van der Waals surface area (Å²) < 4.78 is 1.09. The molecule has 1 heterocycles. The van der Waals surface area contributed by atoms with Gasteiger partial charge in [0.25, 0.3) is 0 Å². The van der Waals surface area contributed by atoms with Gasteiger partial charge in [-0.2, -0.15) is 0 Å². The predicted octanol–water partition coefficient (Wildman–Crippen LogP) is 6.16. The van der Waals surface area contributed by atoms with E-state index in [0.717, 1.165) is 15.2 Å². The number of fused-ring (bicyclic) bond motifs is 1. The summed E-state index contributed by atoms with van der Waals surface area (Å²) in [6.45, 7) is 2.05. The van der Waals surface area contributed by atoms with Crippen molar-refractivity contribution in [2.75, 3.05) is 0 Å². The first-order valence-electron chi connectivity index (χ1n) is 7.89. The van der Waals surface area contributed by atoms with Crippen molar-refractivity contribution >= 4 is 38.9 Å². The Bertz CT molecular complexity index is 1090. The number of benzene rings is 3. The van der Waals surface area contributed by atoms with Crippen LogP contribution in [0.3, 0.4) is 0 Å². The molecule has 0 amide bonds. The lowest BCUT2D eigenvalue weighted by atomic mass is 9.98. The molecule has 4 rings (SSSR count). The second-order valence-electron chi connectivity index (χ2n) is 5.85. The van der Waals surface area contributed by atoms with Crippen LogP contribution in [0.5, 0.6) is 0 Å². The summed E-state index contributed by atoms with van der Waals surface area (Å²) in [6, 6.07) is 20.8. The minimum Gasteiger partial charge on any atom is -0.289 e. The third-order valence-electron chi connectivity index (χ3n) is 4.05. The molecule has 2 nitrogen and oxygen atoms in total. The fourth-order valence-corrected chi connectivity index (χ4v) is 4.27. The zero-order valence-electron chi connectivity index (χ0n) is 13.5. The Morgan fingerprint density at radius 2 is 1.80 bits per heavy atom. The summed E-state index contributed by atoms with van der Waals surface area (Å²) in [5.41, 5.74) is 4.03. The molecule has 0 aliphatic carbocycles. The molecule has 4 heteroatoms. The average Bonchev–Trinajstić information content (AvgIpc) is 3.04. The second kappa shape index (κ2) is 6.43. The number of rotatable bonds is 3. The predicted molar refractivity (Wildman–Crippen MR) is 105 cm³/mol. The van der Waals surface area contributed by atoms with Gasteiger partial charge in [-0.15, -0.1) is 11.3 Å². The molecular formula is C21H14ClNOS. The Hall–Kier alpha value is -2.49. The van der Waals surface area contributed by atoms with Crippen molar-refractivity contribution in [2.45, 2.75) is 6.92 Å². The smallest absolute Gasteiger partial charge is 0.193 e. The number of hydrogen-bond donors (Lipinski definition) is 0. The van der Waals surface area contributed by atoms with E-state index in [9.17, 15) is 4.79 Å². The van der Waals surface area contributed by atoms with Crippen LogP contribution in [0, 0.1) is 6.92 Å². The Morgan fingerprint density at radius 1 is 1.00 bits per heavy atom. The van der Waals surface area contributed by atoms with E-state index in [1.165, 1.54) is 5.56 Å². The number of carbonyl (C=O) groups excluding carboxylic acids is 1. The molecule has 122 valence electrons. The molecule has 0 N–H and O–H groups in total. The highest BCUT2D eigenvalue weighted by molar-refractivity contribution is 7.21. The van der Waals surface area contributed by atoms with Crippen molar-refractivity contribution in [3.8, 4) is 10.6 Å². The molecule has 1 aromatic heterocycles. The standard InChI is InChI=1S/C21H14ClNOS/c1-13-10-11-17-18(12-13)25-21(23-17)19-15(8-5-9-16(19)22)20(24)14-6-3-2-4-7-14/h2-12H,1H3. The van der Waals surface area contributed by atoms with Gasteiger partial charge in [-0.25, -0.2) is 4.98 Å². The lowest BCUT2D eigenvalue weighted by molar-refractivity contribution is 0.103. The summed E-state index contributed by atoms with van der Waals surface area (Å²) in [7, 11) is 0. The van der Waals surface area contributed by atoms with Gasteiger partial charge >= 0.3 is 0 Å². The molecule has 0 radical (unpaired) electrons. The van der Waals surface area contributed by atoms with Gasteiger partial charge in [0.05, 0.1) is 15.2 Å². The van der Waals surface area contributed by atoms with Crippen molar-refractivity contribution in [1.82, 2.24) is 4.98 Å². The molecule has 4 aromatic rings. The molecule has 0 saturated carbocycles. The molecule has 0 fully saturated rings. The fraction of sp³-hybridized carbons (Fsp3) is 0.0476. The van der Waals surface area contributed by atoms with E-state index in [4.69, 9.17) is 16.6 Å². The molecule has 0 saturated heterocycles. The van der Waals surface area contributed by atoms with Crippen LogP contribution in [0.2, 0.25) is 5.02 Å². The average molecular weight is 364 g/mol. The number of aryl methyl sites for hydroxylation is 1. The van der Waals surface area contributed by atoms with Crippen LogP contribution in [0.25, 0.3) is 20.8 Å². The van der Waals surface area contributed by atoms with Gasteiger partial charge in [0.15, 0.2) is 5.78 Å². The molecule has 0 atom stereocenters. The fourth-order valence-electron chi connectivity index (χ4n) is 2.81. The lowest BCUT2D eigenvalue weighted by Gasteiger charge is -2.08. The third kappa shape index (κ3) is 2.97. The maximum Gasteiger partial charge on any atom is 0.193 e. The quantitative estimate of drug-likeness (QED) is 0.408. The van der Waals surface area contributed by atoms with E-state index in [0.29, 0.717) is 21.7 Å². The zero-order chi connectivity index (χ0) is 17.4. The molecule has 0 aliphatic heterocycles. The SMILES string of the molecule is Cc1ccc2nc(-c3c(Cl)cccc3C(=O)c3ccccc3)sc2c1. The lowest BCUT2D eigenvalue weighted by Crippen LogP contribution is -2.03. The van der Waals surface area contributed by atoms with Crippen LogP contribution >= 0.6 is 22.9 Å². The maximum absolute atomic E-state index is 13.0. The molecule has 0 bridgehead atoms. The topological polar surface area (TPSA) is 30.0 Å². The Kier molecular flexibility index (Phi) is 4.12. The highest BCUT2D eigenvalue weighted by Crippen LogP contribution is 2.37. The number of thiazole rings is 1. The number of ketones is 1. The molecule has 25 heavy (non-hydrogen) atoms. The first kappa shape index (κ1) is 16.0. The van der Waals surface area contributed by atoms with Crippen molar-refractivity contribution < 1.29 is 4.79 Å². The Morgan fingerprint density at radius 3 is 2.60 bits per heavy atom. The normalized spacial score (nSPS) is 11.0. The minimum absolute atomic E-state index is 0.0477. The number of hydrogen-bond acceptors (Lipinski definition) is 3.